The largest absolute Gasteiger partial charge is 0.444 e. The fraction of sp³-hybridized carbons (Fsp3) is 0.786. The molecular formula is C14H20FN3O4. The van der Waals surface area contributed by atoms with Gasteiger partial charge in [0.15, 0.2) is 0 Å². The van der Waals surface area contributed by atoms with E-state index in [2.05, 4.69) is 16.0 Å². The van der Waals surface area contributed by atoms with E-state index in [-0.39, 0.29) is 25.8 Å². The van der Waals surface area contributed by atoms with Crippen LogP contribution in [-0.2, 0) is 9.53 Å². The number of ether oxygens (including phenoxy) is 1. The van der Waals surface area contributed by atoms with Crippen LogP contribution in [0.25, 0.3) is 0 Å². The summed E-state index contributed by atoms with van der Waals surface area (Å²) in [6, 6.07) is -0.617. The van der Waals surface area contributed by atoms with Gasteiger partial charge in [0.25, 0.3) is 5.91 Å². The van der Waals surface area contributed by atoms with E-state index in [0.717, 1.165) is 0 Å². The van der Waals surface area contributed by atoms with Gasteiger partial charge in [-0.15, -0.1) is 0 Å². The van der Waals surface area contributed by atoms with Crippen molar-refractivity contribution in [3.05, 3.63) is 0 Å². The number of alkyl carbamates (subject to hydrolysis) is 1. The molecule has 8 heteroatoms. The monoisotopic (exact) mass is 313 g/mol. The quantitative estimate of drug-likeness (QED) is 0.677. The molecule has 122 valence electrons. The summed E-state index contributed by atoms with van der Waals surface area (Å²) < 4.78 is 19.0. The van der Waals surface area contributed by atoms with Crippen LogP contribution in [0.4, 0.5) is 14.0 Å². The Bertz CT molecular complexity index is 551. The van der Waals surface area contributed by atoms with Crippen molar-refractivity contribution in [3.8, 4) is 0 Å². The van der Waals surface area contributed by atoms with Gasteiger partial charge >= 0.3 is 12.1 Å². The molecule has 0 aromatic heterocycles. The number of halogens is 1. The zero-order chi connectivity index (χ0) is 16.4. The summed E-state index contributed by atoms with van der Waals surface area (Å²) in [4.78, 5) is 35.6. The molecular weight excluding hydrogens is 293 g/mol. The number of amides is 4. The first kappa shape index (κ1) is 15.1. The van der Waals surface area contributed by atoms with Crippen LogP contribution in [0.1, 0.15) is 40.0 Å². The molecule has 1 saturated heterocycles. The van der Waals surface area contributed by atoms with Crippen molar-refractivity contribution in [1.82, 2.24) is 16.0 Å². The Morgan fingerprint density at radius 3 is 2.32 bits per heavy atom. The van der Waals surface area contributed by atoms with E-state index in [1.165, 1.54) is 0 Å². The van der Waals surface area contributed by atoms with Gasteiger partial charge in [-0.25, -0.2) is 14.0 Å². The second-order valence-corrected chi connectivity index (χ2v) is 7.63. The molecule has 3 N–H and O–H groups in total. The van der Waals surface area contributed by atoms with Crippen molar-refractivity contribution in [2.45, 2.75) is 56.8 Å². The molecule has 4 fully saturated rings. The van der Waals surface area contributed by atoms with E-state index in [9.17, 15) is 18.8 Å². The molecule has 3 aliphatic carbocycles. The van der Waals surface area contributed by atoms with Crippen LogP contribution in [-0.4, -0.2) is 41.4 Å². The average molecular weight is 313 g/mol. The van der Waals surface area contributed by atoms with Crippen molar-refractivity contribution in [1.29, 1.82) is 0 Å². The lowest BCUT2D eigenvalue weighted by Gasteiger charge is -2.70. The number of carbonyl (C=O) groups is 3. The molecule has 3 saturated carbocycles. The second kappa shape index (κ2) is 4.11. The molecule has 1 heterocycles. The number of carbonyl (C=O) groups excluding carboxylic acids is 3. The molecule has 0 aromatic rings. The molecule has 2 bridgehead atoms. The lowest BCUT2D eigenvalue weighted by molar-refractivity contribution is -0.246. The Morgan fingerprint density at radius 1 is 1.32 bits per heavy atom. The third-order valence-electron chi connectivity index (χ3n) is 4.71. The van der Waals surface area contributed by atoms with Gasteiger partial charge in [-0.1, -0.05) is 0 Å². The summed E-state index contributed by atoms with van der Waals surface area (Å²) in [6.07, 6.45) is -0.000675. The van der Waals surface area contributed by atoms with Crippen molar-refractivity contribution in [2.24, 2.45) is 5.41 Å². The molecule has 0 spiro atoms. The molecule has 0 unspecified atom stereocenters. The van der Waals surface area contributed by atoms with E-state index in [1.807, 2.05) is 0 Å². The van der Waals surface area contributed by atoms with Crippen molar-refractivity contribution in [2.75, 3.05) is 6.54 Å². The molecule has 0 radical (unpaired) electrons. The smallest absolute Gasteiger partial charge is 0.407 e. The molecule has 7 nitrogen and oxygen atoms in total. The van der Waals surface area contributed by atoms with Gasteiger partial charge < -0.3 is 15.4 Å². The first-order valence-electron chi connectivity index (χ1n) is 7.29. The maximum Gasteiger partial charge on any atom is 0.407 e. The molecule has 22 heavy (non-hydrogen) atoms. The van der Waals surface area contributed by atoms with E-state index in [1.54, 1.807) is 20.8 Å². The normalized spacial score (nSPS) is 39.3. The van der Waals surface area contributed by atoms with Crippen LogP contribution in [0.15, 0.2) is 0 Å². The van der Waals surface area contributed by atoms with Crippen LogP contribution in [0, 0.1) is 5.41 Å². The molecule has 1 aliphatic heterocycles. The van der Waals surface area contributed by atoms with E-state index in [4.69, 9.17) is 4.74 Å². The Labute approximate surface area is 127 Å². The Kier molecular flexibility index (Phi) is 2.81. The van der Waals surface area contributed by atoms with Gasteiger partial charge in [0, 0.05) is 5.41 Å². The first-order chi connectivity index (χ1) is 9.99. The number of hydrogen-bond acceptors (Lipinski definition) is 4. The zero-order valence-electron chi connectivity index (χ0n) is 12.8. The fourth-order valence-corrected chi connectivity index (χ4v) is 3.81. The first-order valence-corrected chi connectivity index (χ1v) is 7.29. The van der Waals surface area contributed by atoms with E-state index >= 15 is 0 Å². The van der Waals surface area contributed by atoms with Gasteiger partial charge in [-0.3, -0.25) is 10.1 Å². The lowest BCUT2D eigenvalue weighted by Crippen LogP contribution is -2.80. The highest BCUT2D eigenvalue weighted by Gasteiger charge is 2.79. The van der Waals surface area contributed by atoms with Crippen LogP contribution in [0.5, 0.6) is 0 Å². The van der Waals surface area contributed by atoms with Gasteiger partial charge in [-0.2, -0.15) is 0 Å². The van der Waals surface area contributed by atoms with Crippen LogP contribution in [0.3, 0.4) is 0 Å². The molecule has 4 rings (SSSR count). The minimum absolute atomic E-state index is 0.116. The van der Waals surface area contributed by atoms with Gasteiger partial charge in [0.05, 0.1) is 6.54 Å². The fourth-order valence-electron chi connectivity index (χ4n) is 3.81. The Morgan fingerprint density at radius 2 is 1.91 bits per heavy atom. The number of rotatable bonds is 3. The second-order valence-electron chi connectivity index (χ2n) is 7.63. The SMILES string of the molecule is CC(C)(C)OC(=O)NC[C@@]1(C23CC(F)(C2)C3)NC(=O)NC1=O. The number of nitrogens with one attached hydrogen (secondary N) is 3. The van der Waals surface area contributed by atoms with Crippen LogP contribution >= 0.6 is 0 Å². The molecule has 1 atom stereocenters. The summed E-state index contributed by atoms with van der Waals surface area (Å²) in [5.41, 5.74) is -3.80. The third kappa shape index (κ3) is 2.04. The number of alkyl halides is 1. The number of imide groups is 1. The van der Waals surface area contributed by atoms with Crippen LogP contribution in [0.2, 0.25) is 0 Å². The van der Waals surface area contributed by atoms with Gasteiger partial charge in [0.1, 0.15) is 16.8 Å². The summed E-state index contributed by atoms with van der Waals surface area (Å²) in [7, 11) is 0. The van der Waals surface area contributed by atoms with Crippen molar-refractivity contribution >= 4 is 18.0 Å². The summed E-state index contributed by atoms with van der Waals surface area (Å²) in [6.45, 7) is 5.05. The predicted octanol–water partition coefficient (Wildman–Crippen LogP) is 0.981. The number of hydrogen-bond donors (Lipinski definition) is 3. The van der Waals surface area contributed by atoms with Crippen LogP contribution < -0.4 is 16.0 Å². The highest BCUT2D eigenvalue weighted by atomic mass is 19.1. The summed E-state index contributed by atoms with van der Waals surface area (Å²) in [5, 5.41) is 7.31. The molecule has 4 amide bonds. The maximum absolute atomic E-state index is 13.8. The minimum atomic E-state index is -1.30. The summed E-state index contributed by atoms with van der Waals surface area (Å²) in [5.74, 6) is -0.518. The minimum Gasteiger partial charge on any atom is -0.444 e. The van der Waals surface area contributed by atoms with Crippen molar-refractivity contribution < 1.29 is 23.5 Å². The average Bonchev–Trinajstić information content (AvgIpc) is 2.55. The standard InChI is InChI=1S/C14H20FN3O4/c1-11(2,3)22-10(21)16-7-14(8(19)17-9(20)18-14)12-4-13(15,5-12)6-12/h4-7H2,1-3H3,(H,16,21)(H2,17,18,19,20)/t12?,13?,14-/m1/s1. The highest BCUT2D eigenvalue weighted by Crippen LogP contribution is 2.73. The van der Waals surface area contributed by atoms with E-state index in [0.29, 0.717) is 0 Å². The highest BCUT2D eigenvalue weighted by molar-refractivity contribution is 6.08. The zero-order valence-corrected chi connectivity index (χ0v) is 12.8. The third-order valence-corrected chi connectivity index (χ3v) is 4.71. The topological polar surface area (TPSA) is 96.5 Å². The Balaban J connectivity index is 1.73. The molecule has 4 aliphatic rings. The molecule has 0 aromatic carbocycles. The Hall–Kier alpha value is -1.86. The lowest BCUT2D eigenvalue weighted by atomic mass is 9.36. The van der Waals surface area contributed by atoms with Gasteiger partial charge in [-0.05, 0) is 40.0 Å². The maximum atomic E-state index is 13.8. The van der Waals surface area contributed by atoms with Crippen molar-refractivity contribution in [3.63, 3.8) is 0 Å². The van der Waals surface area contributed by atoms with E-state index < -0.39 is 40.3 Å². The predicted molar refractivity (Wildman–Crippen MR) is 73.8 cm³/mol. The summed E-state index contributed by atoms with van der Waals surface area (Å²) >= 11 is 0. The van der Waals surface area contributed by atoms with Gasteiger partial charge in [0.2, 0.25) is 0 Å². The number of urea groups is 1.